The number of amides is 2. The number of rotatable bonds is 10. The van der Waals surface area contributed by atoms with Crippen molar-refractivity contribution in [2.24, 2.45) is 0 Å². The summed E-state index contributed by atoms with van der Waals surface area (Å²) < 4.78 is 60.4. The van der Waals surface area contributed by atoms with Gasteiger partial charge >= 0.3 is 0 Å². The van der Waals surface area contributed by atoms with Gasteiger partial charge in [-0.1, -0.05) is 30.3 Å². The number of sulfone groups is 1. The topological polar surface area (TPSA) is 158 Å². The number of benzene rings is 2. The largest absolute Gasteiger partial charge is 0.371 e. The first-order valence-corrected chi connectivity index (χ1v) is 13.8. The number of imide groups is 1. The van der Waals surface area contributed by atoms with E-state index in [0.717, 1.165) is 0 Å². The van der Waals surface area contributed by atoms with Crippen LogP contribution in [-0.4, -0.2) is 76.2 Å². The molecule has 13 heteroatoms. The van der Waals surface area contributed by atoms with Gasteiger partial charge in [0.05, 0.1) is 23.7 Å². The summed E-state index contributed by atoms with van der Waals surface area (Å²) in [5.74, 6) is -2.96. The molecule has 4 rings (SSSR count). The van der Waals surface area contributed by atoms with Crippen LogP contribution < -0.4 is 0 Å². The number of hydrogen-bond acceptors (Lipinski definition) is 10. The molecule has 11 nitrogen and oxygen atoms in total. The van der Waals surface area contributed by atoms with Crippen LogP contribution in [0, 0.1) is 0 Å². The predicted molar refractivity (Wildman–Crippen MR) is 122 cm³/mol. The molecule has 0 saturated heterocycles. The Morgan fingerprint density at radius 3 is 2.03 bits per heavy atom. The Hall–Kier alpha value is -3.26. The van der Waals surface area contributed by atoms with Crippen LogP contribution >= 0.6 is 0 Å². The number of sulfonamides is 1. The van der Waals surface area contributed by atoms with Crippen molar-refractivity contribution in [3.05, 3.63) is 59.7 Å². The molecule has 0 aromatic heterocycles. The molecule has 0 bridgehead atoms. The van der Waals surface area contributed by atoms with Gasteiger partial charge in [0.1, 0.15) is 23.4 Å². The second-order valence-electron chi connectivity index (χ2n) is 8.04. The van der Waals surface area contributed by atoms with Gasteiger partial charge in [0.25, 0.3) is 21.8 Å². The number of ether oxygens (including phenoxy) is 2. The molecule has 190 valence electrons. The molecule has 1 atom stereocenters. The van der Waals surface area contributed by atoms with Gasteiger partial charge in [0.15, 0.2) is 21.4 Å². The van der Waals surface area contributed by atoms with Crippen molar-refractivity contribution in [1.82, 2.24) is 4.31 Å². The van der Waals surface area contributed by atoms with E-state index in [2.05, 4.69) is 0 Å². The molecule has 0 spiro atoms. The Morgan fingerprint density at radius 1 is 0.806 bits per heavy atom. The molecular weight excluding hydrogens is 514 g/mol. The van der Waals surface area contributed by atoms with Crippen LogP contribution in [0.3, 0.4) is 0 Å². The molecule has 2 aromatic rings. The predicted octanol–water partition coefficient (Wildman–Crippen LogP) is 0.779. The monoisotopic (exact) mass is 535 g/mol. The summed E-state index contributed by atoms with van der Waals surface area (Å²) in [5, 5.41) is -1.30. The number of ketones is 2. The fourth-order valence-corrected chi connectivity index (χ4v) is 7.40. The number of hydrogen-bond donors (Lipinski definition) is 0. The Labute approximate surface area is 207 Å². The summed E-state index contributed by atoms with van der Waals surface area (Å²) in [6.07, 6.45) is -0.345. The van der Waals surface area contributed by atoms with Crippen LogP contribution in [0.15, 0.2) is 58.3 Å². The van der Waals surface area contributed by atoms with Gasteiger partial charge in [0, 0.05) is 12.0 Å². The summed E-state index contributed by atoms with van der Waals surface area (Å²) in [6, 6.07) is 11.4. The van der Waals surface area contributed by atoms with Crippen molar-refractivity contribution in [1.29, 1.82) is 0 Å². The van der Waals surface area contributed by atoms with E-state index in [-0.39, 0.29) is 57.9 Å². The molecule has 2 aliphatic heterocycles. The van der Waals surface area contributed by atoms with Gasteiger partial charge in [-0.3, -0.25) is 19.2 Å². The second kappa shape index (κ2) is 10.0. The molecule has 2 heterocycles. The third-order valence-corrected chi connectivity index (χ3v) is 9.65. The van der Waals surface area contributed by atoms with E-state index in [1.165, 1.54) is 42.5 Å². The lowest BCUT2D eigenvalue weighted by Gasteiger charge is -2.13. The molecule has 0 aliphatic carbocycles. The highest BCUT2D eigenvalue weighted by Gasteiger charge is 2.45. The minimum Gasteiger partial charge on any atom is -0.371 e. The highest BCUT2D eigenvalue weighted by Crippen LogP contribution is 2.33. The zero-order valence-electron chi connectivity index (χ0n) is 18.8. The van der Waals surface area contributed by atoms with Gasteiger partial charge in [-0.25, -0.2) is 16.8 Å². The summed E-state index contributed by atoms with van der Waals surface area (Å²) >= 11 is 0. The van der Waals surface area contributed by atoms with Crippen molar-refractivity contribution in [3.8, 4) is 0 Å². The molecule has 0 N–H and O–H groups in total. The third-order valence-electron chi connectivity index (χ3n) is 5.72. The van der Waals surface area contributed by atoms with Gasteiger partial charge < -0.3 is 9.47 Å². The molecule has 0 saturated carbocycles. The van der Waals surface area contributed by atoms with Gasteiger partial charge in [0.2, 0.25) is 0 Å². The smallest absolute Gasteiger partial charge is 0.276 e. The zero-order chi connectivity index (χ0) is 26.1. The first-order chi connectivity index (χ1) is 17.1. The van der Waals surface area contributed by atoms with Crippen molar-refractivity contribution in [3.63, 3.8) is 0 Å². The quantitative estimate of drug-likeness (QED) is 0.398. The Morgan fingerprint density at radius 2 is 1.39 bits per heavy atom. The number of fused-ring (bicyclic) bond motifs is 2. The molecular formula is C23H21NO10S2. The average Bonchev–Trinajstić information content (AvgIpc) is 3.17. The van der Waals surface area contributed by atoms with Crippen molar-refractivity contribution < 1.29 is 45.5 Å². The van der Waals surface area contributed by atoms with Gasteiger partial charge in [-0.2, -0.15) is 4.31 Å². The number of carbonyl (C=O) groups excluding carboxylic acids is 4. The molecule has 2 aliphatic rings. The molecule has 2 amide bonds. The first-order valence-electron chi connectivity index (χ1n) is 10.8. The molecule has 1 unspecified atom stereocenters. The van der Waals surface area contributed by atoms with Crippen molar-refractivity contribution >= 4 is 43.2 Å². The standard InChI is InChI=1S/C23H21NO10S2/c25-15(9-10-20-22(27)16-5-1-3-7-18(16)35(20,29)30)13-33-11-12-34-14-21(26)24-23(28)17-6-2-4-8-19(17)36(24,31)32/h1-8,20H,9-14H2. The molecule has 2 aromatic carbocycles. The maximum Gasteiger partial charge on any atom is 0.276 e. The van der Waals surface area contributed by atoms with Crippen molar-refractivity contribution in [2.75, 3.05) is 26.4 Å². The third kappa shape index (κ3) is 4.62. The maximum absolute atomic E-state index is 12.5. The second-order valence-corrected chi connectivity index (χ2v) is 11.9. The lowest BCUT2D eigenvalue weighted by Crippen LogP contribution is -2.38. The lowest BCUT2D eigenvalue weighted by atomic mass is 10.0. The Bertz CT molecular complexity index is 1460. The highest BCUT2D eigenvalue weighted by atomic mass is 32.2. The SMILES string of the molecule is O=C(CCC1C(=O)c2ccccc2S1(=O)=O)COCCOCC(=O)N1C(=O)c2ccccc2S1(=O)=O. The molecule has 0 radical (unpaired) electrons. The van der Waals surface area contributed by atoms with Crippen LogP contribution in [0.5, 0.6) is 0 Å². The summed E-state index contributed by atoms with van der Waals surface area (Å²) in [5.41, 5.74) is 0.0360. The van der Waals surface area contributed by atoms with Gasteiger partial charge in [-0.05, 0) is 24.6 Å². The van der Waals surface area contributed by atoms with Crippen molar-refractivity contribution in [2.45, 2.75) is 27.9 Å². The minimum atomic E-state index is -4.29. The first kappa shape index (κ1) is 25.8. The van der Waals surface area contributed by atoms with Crippen LogP contribution in [0.1, 0.15) is 33.6 Å². The maximum atomic E-state index is 12.5. The fraction of sp³-hybridized carbons (Fsp3) is 0.304. The molecule has 36 heavy (non-hydrogen) atoms. The summed E-state index contributed by atoms with van der Waals surface area (Å²) in [7, 11) is -8.12. The Balaban J connectivity index is 1.17. The van der Waals surface area contributed by atoms with Crippen LogP contribution in [0.2, 0.25) is 0 Å². The number of carbonyl (C=O) groups is 4. The van der Waals surface area contributed by atoms with E-state index in [1.807, 2.05) is 0 Å². The summed E-state index contributed by atoms with van der Waals surface area (Å²) in [4.78, 5) is 48.8. The van der Waals surface area contributed by atoms with Crippen LogP contribution in [-0.2, 0) is 38.9 Å². The minimum absolute atomic E-state index is 0.0253. The van der Waals surface area contributed by atoms with E-state index < -0.39 is 55.1 Å². The zero-order valence-corrected chi connectivity index (χ0v) is 20.4. The average molecular weight is 536 g/mol. The fourth-order valence-electron chi connectivity index (χ4n) is 3.99. The summed E-state index contributed by atoms with van der Waals surface area (Å²) in [6.45, 7) is -1.34. The molecule has 0 fully saturated rings. The van der Waals surface area contributed by atoms with E-state index in [0.29, 0.717) is 0 Å². The van der Waals surface area contributed by atoms with E-state index in [9.17, 15) is 36.0 Å². The highest BCUT2D eigenvalue weighted by molar-refractivity contribution is 7.93. The lowest BCUT2D eigenvalue weighted by molar-refractivity contribution is -0.131. The number of Topliss-reactive ketones (excluding diaryl/α,β-unsaturated/α-hetero) is 2. The van der Waals surface area contributed by atoms with E-state index >= 15 is 0 Å². The van der Waals surface area contributed by atoms with E-state index in [1.54, 1.807) is 6.07 Å². The van der Waals surface area contributed by atoms with Crippen LogP contribution in [0.25, 0.3) is 0 Å². The van der Waals surface area contributed by atoms with E-state index in [4.69, 9.17) is 9.47 Å². The van der Waals surface area contributed by atoms with Crippen LogP contribution in [0.4, 0.5) is 0 Å². The normalized spacial score (nSPS) is 19.2. The Kier molecular flexibility index (Phi) is 7.18. The van der Waals surface area contributed by atoms with Gasteiger partial charge in [-0.15, -0.1) is 0 Å². The number of nitrogens with zero attached hydrogens (tertiary/aromatic N) is 1.